The summed E-state index contributed by atoms with van der Waals surface area (Å²) in [5.74, 6) is -0.581. The Bertz CT molecular complexity index is 764. The van der Waals surface area contributed by atoms with Gasteiger partial charge in [-0.15, -0.1) is 0 Å². The van der Waals surface area contributed by atoms with Crippen LogP contribution in [0, 0.1) is 5.82 Å². The Labute approximate surface area is 162 Å². The Morgan fingerprint density at radius 2 is 2.07 bits per heavy atom. The van der Waals surface area contributed by atoms with Gasteiger partial charge in [0.15, 0.2) is 0 Å². The maximum atomic E-state index is 13.8. The molecule has 2 aromatic rings. The van der Waals surface area contributed by atoms with E-state index in [2.05, 4.69) is 4.90 Å². The molecular weight excluding hydrogens is 373 g/mol. The Hall–Kier alpha value is -2.15. The number of carboxylic acids is 1. The van der Waals surface area contributed by atoms with Crippen LogP contribution in [0.3, 0.4) is 0 Å². The van der Waals surface area contributed by atoms with Gasteiger partial charge in [-0.1, -0.05) is 29.8 Å². The summed E-state index contributed by atoms with van der Waals surface area (Å²) in [7, 11) is 0. The second-order valence-electron chi connectivity index (χ2n) is 6.36. The van der Waals surface area contributed by atoms with Crippen LogP contribution in [0.1, 0.15) is 23.7 Å². The van der Waals surface area contributed by atoms with Gasteiger partial charge in [0.05, 0.1) is 24.2 Å². The SMILES string of the molecule is O=C(O)CCN1CCOC(c2ccc(OCc3c(F)cccc3Cl)cc2)C1. The molecule has 1 aliphatic rings. The zero-order valence-electron chi connectivity index (χ0n) is 14.7. The van der Waals surface area contributed by atoms with E-state index in [4.69, 9.17) is 26.2 Å². The van der Waals surface area contributed by atoms with Gasteiger partial charge in [0.2, 0.25) is 0 Å². The topological polar surface area (TPSA) is 59.0 Å². The number of benzene rings is 2. The van der Waals surface area contributed by atoms with E-state index in [-0.39, 0.29) is 19.1 Å². The molecule has 1 fully saturated rings. The molecule has 1 heterocycles. The quantitative estimate of drug-likeness (QED) is 0.773. The third-order valence-electron chi connectivity index (χ3n) is 4.49. The molecule has 3 rings (SSSR count). The number of hydrogen-bond donors (Lipinski definition) is 1. The molecule has 0 aromatic heterocycles. The Morgan fingerprint density at radius 3 is 2.78 bits per heavy atom. The molecule has 0 saturated carbocycles. The van der Waals surface area contributed by atoms with Gasteiger partial charge < -0.3 is 14.6 Å². The maximum Gasteiger partial charge on any atom is 0.304 e. The molecule has 0 spiro atoms. The summed E-state index contributed by atoms with van der Waals surface area (Å²) < 4.78 is 25.2. The van der Waals surface area contributed by atoms with Gasteiger partial charge >= 0.3 is 5.97 Å². The van der Waals surface area contributed by atoms with Gasteiger partial charge in [-0.05, 0) is 29.8 Å². The summed E-state index contributed by atoms with van der Waals surface area (Å²) in [5.41, 5.74) is 1.32. The van der Waals surface area contributed by atoms with E-state index in [0.717, 1.165) is 12.1 Å². The van der Waals surface area contributed by atoms with E-state index < -0.39 is 11.8 Å². The van der Waals surface area contributed by atoms with Crippen LogP contribution in [-0.4, -0.2) is 42.2 Å². The number of hydrogen-bond acceptors (Lipinski definition) is 4. The van der Waals surface area contributed by atoms with Crippen molar-refractivity contribution in [2.45, 2.75) is 19.1 Å². The largest absolute Gasteiger partial charge is 0.489 e. The molecule has 2 aromatic carbocycles. The molecule has 1 saturated heterocycles. The fraction of sp³-hybridized carbons (Fsp3) is 0.350. The van der Waals surface area contributed by atoms with Gasteiger partial charge in [0, 0.05) is 25.2 Å². The number of aliphatic carboxylic acids is 1. The van der Waals surface area contributed by atoms with Crippen LogP contribution in [0.2, 0.25) is 5.02 Å². The molecule has 0 bridgehead atoms. The first-order chi connectivity index (χ1) is 13.0. The average Bonchev–Trinajstić information content (AvgIpc) is 2.67. The normalized spacial score (nSPS) is 17.6. The molecule has 1 atom stereocenters. The third-order valence-corrected chi connectivity index (χ3v) is 4.84. The summed E-state index contributed by atoms with van der Waals surface area (Å²) in [4.78, 5) is 12.8. The minimum atomic E-state index is -0.797. The van der Waals surface area contributed by atoms with Crippen LogP contribution < -0.4 is 4.74 Å². The van der Waals surface area contributed by atoms with Crippen LogP contribution in [-0.2, 0) is 16.1 Å². The lowest BCUT2D eigenvalue weighted by atomic mass is 10.1. The summed E-state index contributed by atoms with van der Waals surface area (Å²) in [6, 6.07) is 12.0. The molecule has 7 heteroatoms. The van der Waals surface area contributed by atoms with Crippen molar-refractivity contribution in [3.05, 3.63) is 64.4 Å². The minimum absolute atomic E-state index is 0.0494. The predicted molar refractivity (Wildman–Crippen MR) is 99.6 cm³/mol. The zero-order chi connectivity index (χ0) is 19.2. The molecule has 27 heavy (non-hydrogen) atoms. The lowest BCUT2D eigenvalue weighted by molar-refractivity contribution is -0.137. The molecule has 0 aliphatic carbocycles. The Morgan fingerprint density at radius 1 is 1.30 bits per heavy atom. The van der Waals surface area contributed by atoms with E-state index in [1.807, 2.05) is 24.3 Å². The first kappa shape index (κ1) is 19.6. The maximum absolute atomic E-state index is 13.8. The monoisotopic (exact) mass is 393 g/mol. The standard InChI is InChI=1S/C20H21ClFNO4/c21-17-2-1-3-18(22)16(17)13-27-15-6-4-14(5-7-15)19-12-23(10-11-26-19)9-8-20(24)25/h1-7,19H,8-13H2,(H,24,25). The fourth-order valence-electron chi connectivity index (χ4n) is 2.97. The molecular formula is C20H21ClFNO4. The summed E-state index contributed by atoms with van der Waals surface area (Å²) in [6.45, 7) is 2.51. The van der Waals surface area contributed by atoms with Crippen LogP contribution >= 0.6 is 11.6 Å². The highest BCUT2D eigenvalue weighted by Gasteiger charge is 2.22. The van der Waals surface area contributed by atoms with Gasteiger partial charge in [-0.25, -0.2) is 4.39 Å². The molecule has 0 radical (unpaired) electrons. The average molecular weight is 394 g/mol. The van der Waals surface area contributed by atoms with Crippen molar-refractivity contribution < 1.29 is 23.8 Å². The number of carboxylic acid groups (broad SMARTS) is 1. The minimum Gasteiger partial charge on any atom is -0.489 e. The molecule has 1 aliphatic heterocycles. The van der Waals surface area contributed by atoms with Gasteiger partial charge in [-0.2, -0.15) is 0 Å². The summed E-state index contributed by atoms with van der Waals surface area (Å²) >= 11 is 6.00. The third kappa shape index (κ3) is 5.42. The van der Waals surface area contributed by atoms with Gasteiger partial charge in [0.1, 0.15) is 18.2 Å². The fourth-order valence-corrected chi connectivity index (χ4v) is 3.18. The number of carbonyl (C=O) groups is 1. The summed E-state index contributed by atoms with van der Waals surface area (Å²) in [6.07, 6.45) is 0.0144. The van der Waals surface area contributed by atoms with Crippen LogP contribution in [0.5, 0.6) is 5.75 Å². The van der Waals surface area contributed by atoms with E-state index in [0.29, 0.717) is 36.0 Å². The molecule has 5 nitrogen and oxygen atoms in total. The number of halogens is 2. The highest BCUT2D eigenvalue weighted by atomic mass is 35.5. The molecule has 1 N–H and O–H groups in total. The highest BCUT2D eigenvalue weighted by molar-refractivity contribution is 6.31. The van der Waals surface area contributed by atoms with E-state index in [9.17, 15) is 9.18 Å². The second kappa shape index (κ2) is 9.17. The Balaban J connectivity index is 1.57. The number of rotatable bonds is 7. The first-order valence-corrected chi connectivity index (χ1v) is 9.12. The van der Waals surface area contributed by atoms with Crippen molar-refractivity contribution in [3.8, 4) is 5.75 Å². The van der Waals surface area contributed by atoms with E-state index in [1.165, 1.54) is 6.07 Å². The van der Waals surface area contributed by atoms with Crippen LogP contribution in [0.15, 0.2) is 42.5 Å². The number of morpholine rings is 1. The van der Waals surface area contributed by atoms with Crippen molar-refractivity contribution in [2.75, 3.05) is 26.2 Å². The van der Waals surface area contributed by atoms with Crippen LogP contribution in [0.25, 0.3) is 0 Å². The van der Waals surface area contributed by atoms with Crippen molar-refractivity contribution in [2.24, 2.45) is 0 Å². The molecule has 0 amide bonds. The van der Waals surface area contributed by atoms with E-state index in [1.54, 1.807) is 12.1 Å². The lowest BCUT2D eigenvalue weighted by Gasteiger charge is -2.32. The van der Waals surface area contributed by atoms with Gasteiger partial charge in [0.25, 0.3) is 0 Å². The van der Waals surface area contributed by atoms with Gasteiger partial charge in [-0.3, -0.25) is 9.69 Å². The van der Waals surface area contributed by atoms with Crippen molar-refractivity contribution in [3.63, 3.8) is 0 Å². The summed E-state index contributed by atoms with van der Waals surface area (Å²) in [5, 5.41) is 9.16. The lowest BCUT2D eigenvalue weighted by Crippen LogP contribution is -2.39. The molecule has 1 unspecified atom stereocenters. The van der Waals surface area contributed by atoms with E-state index >= 15 is 0 Å². The van der Waals surface area contributed by atoms with Crippen molar-refractivity contribution in [1.29, 1.82) is 0 Å². The first-order valence-electron chi connectivity index (χ1n) is 8.74. The number of nitrogens with zero attached hydrogens (tertiary/aromatic N) is 1. The Kier molecular flexibility index (Phi) is 6.66. The number of ether oxygens (including phenoxy) is 2. The zero-order valence-corrected chi connectivity index (χ0v) is 15.5. The predicted octanol–water partition coefficient (Wildman–Crippen LogP) is 3.91. The highest BCUT2D eigenvalue weighted by Crippen LogP contribution is 2.26. The molecule has 144 valence electrons. The smallest absolute Gasteiger partial charge is 0.304 e. The van der Waals surface area contributed by atoms with Crippen LogP contribution in [0.4, 0.5) is 4.39 Å². The van der Waals surface area contributed by atoms with Crippen molar-refractivity contribution in [1.82, 2.24) is 4.90 Å². The van der Waals surface area contributed by atoms with Crippen molar-refractivity contribution >= 4 is 17.6 Å². The second-order valence-corrected chi connectivity index (χ2v) is 6.77.